The Balaban J connectivity index is 2.67. The molecule has 2 rings (SSSR count). The molecule has 0 spiro atoms. The van der Waals surface area contributed by atoms with Crippen molar-refractivity contribution in [2.45, 2.75) is 13.8 Å². The third kappa shape index (κ3) is 1.11. The van der Waals surface area contributed by atoms with E-state index < -0.39 is 5.97 Å². The van der Waals surface area contributed by atoms with Gasteiger partial charge in [0.2, 0.25) is 6.79 Å². The zero-order valence-electron chi connectivity index (χ0n) is 7.96. The highest BCUT2D eigenvalue weighted by molar-refractivity contribution is 5.91. The number of ether oxygens (including phenoxy) is 2. The van der Waals surface area contributed by atoms with Crippen LogP contribution in [0.4, 0.5) is 0 Å². The Morgan fingerprint density at radius 2 is 2.07 bits per heavy atom. The number of hydrogen-bond acceptors (Lipinski definition) is 3. The Morgan fingerprint density at radius 3 is 2.71 bits per heavy atom. The molecule has 1 N–H and O–H groups in total. The average Bonchev–Trinajstić information content (AvgIpc) is 2.58. The van der Waals surface area contributed by atoms with Crippen molar-refractivity contribution in [3.8, 4) is 11.5 Å². The van der Waals surface area contributed by atoms with Crippen LogP contribution in [0, 0.1) is 13.8 Å². The minimum Gasteiger partial charge on any atom is -0.478 e. The van der Waals surface area contributed by atoms with Crippen LogP contribution in [0.1, 0.15) is 21.5 Å². The molecule has 74 valence electrons. The lowest BCUT2D eigenvalue weighted by Crippen LogP contribution is -2.01. The van der Waals surface area contributed by atoms with Gasteiger partial charge in [0.15, 0.2) is 11.5 Å². The summed E-state index contributed by atoms with van der Waals surface area (Å²) in [5, 5.41) is 8.92. The molecular weight excluding hydrogens is 184 g/mol. The smallest absolute Gasteiger partial charge is 0.336 e. The second kappa shape index (κ2) is 2.90. The molecule has 4 heteroatoms. The topological polar surface area (TPSA) is 55.8 Å². The predicted octanol–water partition coefficient (Wildman–Crippen LogP) is 1.73. The average molecular weight is 194 g/mol. The molecule has 0 saturated carbocycles. The van der Waals surface area contributed by atoms with E-state index in [4.69, 9.17) is 14.6 Å². The fourth-order valence-corrected chi connectivity index (χ4v) is 1.52. The van der Waals surface area contributed by atoms with Crippen LogP contribution in [0.2, 0.25) is 0 Å². The lowest BCUT2D eigenvalue weighted by atomic mass is 10.0. The molecule has 1 aliphatic rings. The van der Waals surface area contributed by atoms with Gasteiger partial charge in [0, 0.05) is 0 Å². The quantitative estimate of drug-likeness (QED) is 0.739. The summed E-state index contributed by atoms with van der Waals surface area (Å²) in [6.07, 6.45) is 0. The summed E-state index contributed by atoms with van der Waals surface area (Å²) in [5.74, 6) is 0.238. The van der Waals surface area contributed by atoms with Crippen LogP contribution in [0.5, 0.6) is 11.5 Å². The van der Waals surface area contributed by atoms with Gasteiger partial charge in [0.05, 0.1) is 5.56 Å². The third-order valence-corrected chi connectivity index (χ3v) is 2.45. The van der Waals surface area contributed by atoms with Gasteiger partial charge in [-0.25, -0.2) is 4.79 Å². The molecule has 1 aromatic rings. The van der Waals surface area contributed by atoms with E-state index in [0.717, 1.165) is 11.1 Å². The van der Waals surface area contributed by atoms with Gasteiger partial charge in [0.25, 0.3) is 0 Å². The molecule has 0 atom stereocenters. The number of rotatable bonds is 1. The first-order valence-corrected chi connectivity index (χ1v) is 4.24. The fourth-order valence-electron chi connectivity index (χ4n) is 1.52. The van der Waals surface area contributed by atoms with Crippen LogP contribution in [-0.4, -0.2) is 17.9 Å². The van der Waals surface area contributed by atoms with Crippen LogP contribution in [0.15, 0.2) is 6.07 Å². The van der Waals surface area contributed by atoms with Gasteiger partial charge < -0.3 is 14.6 Å². The second-order valence-corrected chi connectivity index (χ2v) is 3.21. The van der Waals surface area contributed by atoms with Gasteiger partial charge in [0.1, 0.15) is 0 Å². The summed E-state index contributed by atoms with van der Waals surface area (Å²) in [6.45, 7) is 3.76. The Kier molecular flexibility index (Phi) is 1.84. The molecule has 0 bridgehead atoms. The van der Waals surface area contributed by atoms with E-state index in [1.165, 1.54) is 6.07 Å². The molecule has 0 saturated heterocycles. The Bertz CT molecular complexity index is 409. The molecule has 0 radical (unpaired) electrons. The fraction of sp³-hybridized carbons (Fsp3) is 0.300. The molecule has 1 aromatic carbocycles. The summed E-state index contributed by atoms with van der Waals surface area (Å²) in [6, 6.07) is 1.51. The minimum atomic E-state index is -0.941. The molecule has 14 heavy (non-hydrogen) atoms. The first-order valence-electron chi connectivity index (χ1n) is 4.24. The maximum absolute atomic E-state index is 10.9. The van der Waals surface area contributed by atoms with Crippen molar-refractivity contribution in [3.05, 3.63) is 22.8 Å². The molecule has 1 aliphatic heterocycles. The zero-order valence-corrected chi connectivity index (χ0v) is 7.96. The number of fused-ring (bicyclic) bond motifs is 1. The van der Waals surface area contributed by atoms with Gasteiger partial charge in [-0.15, -0.1) is 0 Å². The predicted molar refractivity (Wildman–Crippen MR) is 49.0 cm³/mol. The molecule has 0 aromatic heterocycles. The Morgan fingerprint density at radius 1 is 1.36 bits per heavy atom. The maximum atomic E-state index is 10.9. The van der Waals surface area contributed by atoms with Crippen LogP contribution < -0.4 is 9.47 Å². The number of hydrogen-bond donors (Lipinski definition) is 1. The van der Waals surface area contributed by atoms with Gasteiger partial charge in [-0.2, -0.15) is 0 Å². The first-order chi connectivity index (χ1) is 6.61. The summed E-state index contributed by atoms with van der Waals surface area (Å²) in [5.41, 5.74) is 1.82. The van der Waals surface area contributed by atoms with Crippen molar-refractivity contribution < 1.29 is 19.4 Å². The van der Waals surface area contributed by atoms with E-state index in [1.807, 2.05) is 6.92 Å². The Labute approximate surface area is 81.1 Å². The first kappa shape index (κ1) is 8.87. The summed E-state index contributed by atoms with van der Waals surface area (Å²) in [4.78, 5) is 10.9. The van der Waals surface area contributed by atoms with E-state index in [0.29, 0.717) is 11.5 Å². The van der Waals surface area contributed by atoms with E-state index >= 15 is 0 Å². The van der Waals surface area contributed by atoms with E-state index in [1.54, 1.807) is 6.92 Å². The number of benzene rings is 1. The minimum absolute atomic E-state index is 0.165. The zero-order chi connectivity index (χ0) is 10.3. The lowest BCUT2D eigenvalue weighted by molar-refractivity contribution is 0.0695. The molecular formula is C10H10O4. The van der Waals surface area contributed by atoms with Crippen LogP contribution >= 0.6 is 0 Å². The molecule has 0 unspecified atom stereocenters. The van der Waals surface area contributed by atoms with Gasteiger partial charge in [-0.3, -0.25) is 0 Å². The number of carboxylic acids is 1. The highest BCUT2D eigenvalue weighted by Gasteiger charge is 2.22. The van der Waals surface area contributed by atoms with Crippen molar-refractivity contribution in [1.82, 2.24) is 0 Å². The highest BCUT2D eigenvalue weighted by Crippen LogP contribution is 2.38. The Hall–Kier alpha value is -1.71. The van der Waals surface area contributed by atoms with Crippen LogP contribution in [0.3, 0.4) is 0 Å². The van der Waals surface area contributed by atoms with Crippen molar-refractivity contribution in [1.29, 1.82) is 0 Å². The molecule has 0 fully saturated rings. The standard InChI is InChI=1S/C10H10O4/c1-5-6(2)9-8(13-4-14-9)3-7(5)10(11)12/h3H,4H2,1-2H3,(H,11,12). The molecule has 1 heterocycles. The summed E-state index contributed by atoms with van der Waals surface area (Å²) < 4.78 is 10.4. The monoisotopic (exact) mass is 194 g/mol. The van der Waals surface area contributed by atoms with Gasteiger partial charge >= 0.3 is 5.97 Å². The van der Waals surface area contributed by atoms with Crippen LogP contribution in [0.25, 0.3) is 0 Å². The maximum Gasteiger partial charge on any atom is 0.336 e. The molecule has 4 nitrogen and oxygen atoms in total. The van der Waals surface area contributed by atoms with E-state index in [9.17, 15) is 4.79 Å². The van der Waals surface area contributed by atoms with Crippen molar-refractivity contribution >= 4 is 5.97 Å². The third-order valence-electron chi connectivity index (χ3n) is 2.45. The lowest BCUT2D eigenvalue weighted by Gasteiger charge is -2.07. The SMILES string of the molecule is Cc1c(C(=O)O)cc2c(c1C)OCO2. The van der Waals surface area contributed by atoms with E-state index in [-0.39, 0.29) is 12.4 Å². The van der Waals surface area contributed by atoms with Crippen molar-refractivity contribution in [2.75, 3.05) is 6.79 Å². The largest absolute Gasteiger partial charge is 0.478 e. The van der Waals surface area contributed by atoms with E-state index in [2.05, 4.69) is 0 Å². The van der Waals surface area contributed by atoms with Crippen molar-refractivity contribution in [2.24, 2.45) is 0 Å². The number of carboxylic acid groups (broad SMARTS) is 1. The van der Waals surface area contributed by atoms with Gasteiger partial charge in [-0.1, -0.05) is 0 Å². The van der Waals surface area contributed by atoms with Gasteiger partial charge in [-0.05, 0) is 31.0 Å². The number of aromatic carboxylic acids is 1. The molecule has 0 amide bonds. The molecule has 0 aliphatic carbocycles. The highest BCUT2D eigenvalue weighted by atomic mass is 16.7. The summed E-state index contributed by atoms with van der Waals surface area (Å²) in [7, 11) is 0. The normalized spacial score (nSPS) is 13.0. The second-order valence-electron chi connectivity index (χ2n) is 3.21. The van der Waals surface area contributed by atoms with Crippen LogP contribution in [-0.2, 0) is 0 Å². The number of carbonyl (C=O) groups is 1. The summed E-state index contributed by atoms with van der Waals surface area (Å²) >= 11 is 0. The van der Waals surface area contributed by atoms with Crippen molar-refractivity contribution in [3.63, 3.8) is 0 Å².